The highest BCUT2D eigenvalue weighted by Gasteiger charge is 2.34. The van der Waals surface area contributed by atoms with E-state index in [1.165, 1.54) is 11.1 Å². The Bertz CT molecular complexity index is 998. The summed E-state index contributed by atoms with van der Waals surface area (Å²) in [6.07, 6.45) is 6.62. The van der Waals surface area contributed by atoms with Crippen molar-refractivity contribution in [2.45, 2.75) is 31.5 Å². The van der Waals surface area contributed by atoms with Gasteiger partial charge in [-0.05, 0) is 36.1 Å². The molecular weight excluding hydrogens is 376 g/mol. The Morgan fingerprint density at radius 2 is 1.93 bits per heavy atom. The van der Waals surface area contributed by atoms with E-state index in [4.69, 9.17) is 0 Å². The van der Waals surface area contributed by atoms with Crippen LogP contribution in [0.1, 0.15) is 17.5 Å². The number of hydrogen-bond donors (Lipinski definition) is 2. The normalized spacial score (nSPS) is 21.8. The summed E-state index contributed by atoms with van der Waals surface area (Å²) in [6.45, 7) is 3.37. The van der Waals surface area contributed by atoms with Crippen molar-refractivity contribution in [2.24, 2.45) is 0 Å². The lowest BCUT2D eigenvalue weighted by atomic mass is 9.94. The van der Waals surface area contributed by atoms with Gasteiger partial charge in [-0.3, -0.25) is 9.88 Å². The second kappa shape index (κ2) is 8.38. The number of nitrogens with one attached hydrogen (secondary N) is 1. The molecule has 5 rings (SSSR count). The van der Waals surface area contributed by atoms with E-state index in [2.05, 4.69) is 54.3 Å². The second-order valence-electron chi connectivity index (χ2n) is 7.99. The molecule has 154 valence electrons. The summed E-state index contributed by atoms with van der Waals surface area (Å²) in [6, 6.07) is 14.6. The van der Waals surface area contributed by atoms with E-state index in [0.717, 1.165) is 49.8 Å². The highest BCUT2D eigenvalue weighted by atomic mass is 16.3. The fourth-order valence-corrected chi connectivity index (χ4v) is 4.53. The smallest absolute Gasteiger partial charge is 0.135 e. The van der Waals surface area contributed by atoms with Crippen LogP contribution in [-0.2, 0) is 13.0 Å². The summed E-state index contributed by atoms with van der Waals surface area (Å²) in [4.78, 5) is 17.5. The second-order valence-corrected chi connectivity index (χ2v) is 7.99. The molecule has 2 unspecified atom stereocenters. The molecule has 30 heavy (non-hydrogen) atoms. The highest BCUT2D eigenvalue weighted by molar-refractivity contribution is 5.58. The van der Waals surface area contributed by atoms with E-state index in [1.54, 1.807) is 18.7 Å². The summed E-state index contributed by atoms with van der Waals surface area (Å²) in [7, 11) is 0. The zero-order valence-corrected chi connectivity index (χ0v) is 16.9. The quantitative estimate of drug-likeness (QED) is 0.695. The molecule has 2 aliphatic rings. The standard InChI is InChI=1S/C23H26N6O/c30-21-15-29(23-12-22(25-16-26-23)27-19-6-3-9-24-13-19)11-8-20(21)28-10-7-17-4-1-2-5-18(17)14-28/h1-6,9,12-13,16,20-21,30H,7-8,10-11,14-15H2,(H,25,26,27). The van der Waals surface area contributed by atoms with Crippen molar-refractivity contribution in [1.82, 2.24) is 19.9 Å². The molecule has 0 aliphatic carbocycles. The van der Waals surface area contributed by atoms with Crippen LogP contribution in [0, 0.1) is 0 Å². The van der Waals surface area contributed by atoms with Gasteiger partial charge in [0.15, 0.2) is 0 Å². The Morgan fingerprint density at radius 1 is 1.03 bits per heavy atom. The SMILES string of the molecule is OC1CN(c2cc(Nc3cccnc3)ncn2)CCC1N1CCc2ccccc2C1. The molecule has 2 N–H and O–H groups in total. The third-order valence-electron chi connectivity index (χ3n) is 6.09. The molecule has 7 nitrogen and oxygen atoms in total. The molecule has 0 amide bonds. The van der Waals surface area contributed by atoms with Crippen molar-refractivity contribution < 1.29 is 5.11 Å². The zero-order chi connectivity index (χ0) is 20.3. The third-order valence-corrected chi connectivity index (χ3v) is 6.09. The zero-order valence-electron chi connectivity index (χ0n) is 16.9. The summed E-state index contributed by atoms with van der Waals surface area (Å²) in [5, 5.41) is 14.2. The van der Waals surface area contributed by atoms with E-state index >= 15 is 0 Å². The van der Waals surface area contributed by atoms with Crippen LogP contribution in [0.15, 0.2) is 61.2 Å². The van der Waals surface area contributed by atoms with Crippen molar-refractivity contribution in [2.75, 3.05) is 29.9 Å². The topological polar surface area (TPSA) is 77.4 Å². The van der Waals surface area contributed by atoms with Crippen LogP contribution in [-0.4, -0.2) is 56.7 Å². The summed E-state index contributed by atoms with van der Waals surface area (Å²) >= 11 is 0. The lowest BCUT2D eigenvalue weighted by molar-refractivity contribution is 0.0293. The van der Waals surface area contributed by atoms with E-state index in [0.29, 0.717) is 6.54 Å². The van der Waals surface area contributed by atoms with Crippen molar-refractivity contribution in [3.05, 3.63) is 72.3 Å². The number of aromatic nitrogens is 3. The molecule has 2 aromatic heterocycles. The molecule has 4 heterocycles. The number of hydrogen-bond acceptors (Lipinski definition) is 7. The van der Waals surface area contributed by atoms with Gasteiger partial charge in [-0.2, -0.15) is 0 Å². The number of pyridine rings is 1. The summed E-state index contributed by atoms with van der Waals surface area (Å²) in [5.74, 6) is 1.55. The van der Waals surface area contributed by atoms with Crippen LogP contribution in [0.25, 0.3) is 0 Å². The van der Waals surface area contributed by atoms with Gasteiger partial charge in [-0.15, -0.1) is 0 Å². The Hall–Kier alpha value is -3.03. The first kappa shape index (κ1) is 19.0. The van der Waals surface area contributed by atoms with Crippen LogP contribution in [0.4, 0.5) is 17.3 Å². The van der Waals surface area contributed by atoms with Crippen LogP contribution in [0.2, 0.25) is 0 Å². The van der Waals surface area contributed by atoms with Gasteiger partial charge in [0.2, 0.25) is 0 Å². The molecule has 7 heteroatoms. The Balaban J connectivity index is 1.25. The number of anilines is 3. The minimum atomic E-state index is -0.409. The average Bonchev–Trinajstić information content (AvgIpc) is 2.79. The number of aliphatic hydroxyl groups excluding tert-OH is 1. The molecule has 0 radical (unpaired) electrons. The predicted octanol–water partition coefficient (Wildman–Crippen LogP) is 2.61. The number of piperidine rings is 1. The first-order valence-corrected chi connectivity index (χ1v) is 10.5. The van der Waals surface area contributed by atoms with E-state index in [9.17, 15) is 5.11 Å². The first-order chi connectivity index (χ1) is 14.8. The van der Waals surface area contributed by atoms with Gasteiger partial charge in [0, 0.05) is 44.5 Å². The van der Waals surface area contributed by atoms with Crippen molar-refractivity contribution in [1.29, 1.82) is 0 Å². The van der Waals surface area contributed by atoms with Crippen LogP contribution in [0.3, 0.4) is 0 Å². The minimum absolute atomic E-state index is 0.185. The predicted molar refractivity (Wildman–Crippen MR) is 117 cm³/mol. The van der Waals surface area contributed by atoms with Crippen molar-refractivity contribution >= 4 is 17.3 Å². The number of rotatable bonds is 4. The monoisotopic (exact) mass is 402 g/mol. The van der Waals surface area contributed by atoms with Gasteiger partial charge in [0.25, 0.3) is 0 Å². The van der Waals surface area contributed by atoms with Gasteiger partial charge in [-0.25, -0.2) is 9.97 Å². The van der Waals surface area contributed by atoms with Crippen LogP contribution in [0.5, 0.6) is 0 Å². The number of benzene rings is 1. The summed E-state index contributed by atoms with van der Waals surface area (Å²) < 4.78 is 0. The van der Waals surface area contributed by atoms with E-state index in [1.807, 2.05) is 18.2 Å². The lowest BCUT2D eigenvalue weighted by Crippen LogP contribution is -2.55. The average molecular weight is 403 g/mol. The Kier molecular flexibility index (Phi) is 5.29. The fraction of sp³-hybridized carbons (Fsp3) is 0.348. The first-order valence-electron chi connectivity index (χ1n) is 10.5. The molecule has 2 atom stereocenters. The third kappa shape index (κ3) is 3.99. The van der Waals surface area contributed by atoms with Gasteiger partial charge < -0.3 is 15.3 Å². The number of fused-ring (bicyclic) bond motifs is 1. The van der Waals surface area contributed by atoms with Gasteiger partial charge in [0.1, 0.15) is 18.0 Å². The lowest BCUT2D eigenvalue weighted by Gasteiger charge is -2.43. The van der Waals surface area contributed by atoms with Crippen molar-refractivity contribution in [3.8, 4) is 0 Å². The van der Waals surface area contributed by atoms with Gasteiger partial charge >= 0.3 is 0 Å². The minimum Gasteiger partial charge on any atom is -0.390 e. The molecular formula is C23H26N6O. The number of aliphatic hydroxyl groups is 1. The number of nitrogens with zero attached hydrogens (tertiary/aromatic N) is 5. The molecule has 3 aromatic rings. The van der Waals surface area contributed by atoms with E-state index in [-0.39, 0.29) is 6.04 Å². The van der Waals surface area contributed by atoms with Crippen molar-refractivity contribution in [3.63, 3.8) is 0 Å². The largest absolute Gasteiger partial charge is 0.390 e. The van der Waals surface area contributed by atoms with Gasteiger partial charge in [0.05, 0.1) is 18.0 Å². The Morgan fingerprint density at radius 3 is 2.77 bits per heavy atom. The maximum atomic E-state index is 11.0. The molecule has 1 fully saturated rings. The maximum Gasteiger partial charge on any atom is 0.135 e. The molecule has 0 bridgehead atoms. The van der Waals surface area contributed by atoms with E-state index < -0.39 is 6.10 Å². The van der Waals surface area contributed by atoms with Crippen LogP contribution >= 0.6 is 0 Å². The van der Waals surface area contributed by atoms with Gasteiger partial charge in [-0.1, -0.05) is 24.3 Å². The maximum absolute atomic E-state index is 11.0. The summed E-state index contributed by atoms with van der Waals surface area (Å²) in [5.41, 5.74) is 3.71. The molecule has 0 saturated carbocycles. The Labute approximate surface area is 176 Å². The molecule has 1 aromatic carbocycles. The molecule has 0 spiro atoms. The highest BCUT2D eigenvalue weighted by Crippen LogP contribution is 2.27. The van der Waals surface area contributed by atoms with Crippen LogP contribution < -0.4 is 10.2 Å². The molecule has 1 saturated heterocycles. The fourth-order valence-electron chi connectivity index (χ4n) is 4.53. The molecule has 2 aliphatic heterocycles. The number of β-amino-alcohol motifs (C(OH)–C–C–N with tert-alkyl or cyclic N) is 1.